The van der Waals surface area contributed by atoms with Crippen LogP contribution in [0.4, 0.5) is 14.5 Å². The van der Waals surface area contributed by atoms with E-state index in [1.165, 1.54) is 13.0 Å². The van der Waals surface area contributed by atoms with Gasteiger partial charge in [0.05, 0.1) is 11.7 Å². The van der Waals surface area contributed by atoms with Crippen LogP contribution in [0.5, 0.6) is 0 Å². The molecule has 0 bridgehead atoms. The van der Waals surface area contributed by atoms with E-state index in [9.17, 15) is 13.6 Å². The van der Waals surface area contributed by atoms with E-state index in [-0.39, 0.29) is 12.4 Å². The van der Waals surface area contributed by atoms with Gasteiger partial charge in [0.2, 0.25) is 5.91 Å². The van der Waals surface area contributed by atoms with Gasteiger partial charge in [-0.25, -0.2) is 0 Å². The Balaban J connectivity index is 0.00000256. The molecular formula is C10H13ClF2N2OS. The highest BCUT2D eigenvalue weighted by atomic mass is 35.5. The van der Waals surface area contributed by atoms with Crippen LogP contribution in [0.3, 0.4) is 0 Å². The molecule has 7 heteroatoms. The van der Waals surface area contributed by atoms with Crippen LogP contribution in [0, 0.1) is 0 Å². The lowest BCUT2D eigenvalue weighted by Gasteiger charge is -2.11. The maximum Gasteiger partial charge on any atom is 0.288 e. The number of thioether (sulfide) groups is 1. The van der Waals surface area contributed by atoms with Crippen molar-refractivity contribution in [3.8, 4) is 0 Å². The van der Waals surface area contributed by atoms with Gasteiger partial charge < -0.3 is 11.1 Å². The molecule has 96 valence electrons. The fraction of sp³-hybridized carbons (Fsp3) is 0.300. The Morgan fingerprint density at radius 1 is 1.41 bits per heavy atom. The number of amides is 1. The number of hydrogen-bond acceptors (Lipinski definition) is 3. The first-order chi connectivity index (χ1) is 7.50. The highest BCUT2D eigenvalue weighted by Crippen LogP contribution is 2.31. The zero-order chi connectivity index (χ0) is 12.1. The number of alkyl halides is 2. The summed E-state index contributed by atoms with van der Waals surface area (Å²) in [5, 5.41) is 2.50. The van der Waals surface area contributed by atoms with Crippen molar-refractivity contribution >= 4 is 35.8 Å². The quantitative estimate of drug-likeness (QED) is 0.835. The van der Waals surface area contributed by atoms with Gasteiger partial charge in [0.25, 0.3) is 5.76 Å². The summed E-state index contributed by atoms with van der Waals surface area (Å²) in [7, 11) is 0. The number of nitrogens with two attached hydrogens (primary N) is 1. The maximum atomic E-state index is 12.2. The van der Waals surface area contributed by atoms with Gasteiger partial charge in [-0.1, -0.05) is 23.9 Å². The lowest BCUT2D eigenvalue weighted by atomic mass is 10.3. The van der Waals surface area contributed by atoms with Crippen molar-refractivity contribution in [2.75, 3.05) is 5.32 Å². The molecule has 0 aliphatic heterocycles. The van der Waals surface area contributed by atoms with E-state index >= 15 is 0 Å². The van der Waals surface area contributed by atoms with E-state index in [0.29, 0.717) is 22.3 Å². The summed E-state index contributed by atoms with van der Waals surface area (Å²) in [6.45, 7) is 1.53. The van der Waals surface area contributed by atoms with Crippen LogP contribution in [0.15, 0.2) is 29.2 Å². The van der Waals surface area contributed by atoms with Gasteiger partial charge in [0, 0.05) is 4.90 Å². The molecule has 0 aliphatic carbocycles. The van der Waals surface area contributed by atoms with Crippen LogP contribution in [0.25, 0.3) is 0 Å². The van der Waals surface area contributed by atoms with Gasteiger partial charge in [0.1, 0.15) is 0 Å². The SMILES string of the molecule is C[C@H](N)C(=O)Nc1ccccc1SC(F)F.Cl. The van der Waals surface area contributed by atoms with Gasteiger partial charge in [-0.05, 0) is 19.1 Å². The number of carbonyl (C=O) groups is 1. The van der Waals surface area contributed by atoms with Gasteiger partial charge in [-0.3, -0.25) is 4.79 Å². The Morgan fingerprint density at radius 2 is 2.00 bits per heavy atom. The number of halogens is 3. The summed E-state index contributed by atoms with van der Waals surface area (Å²) >= 11 is 0.390. The molecule has 0 heterocycles. The number of rotatable bonds is 4. The minimum absolute atomic E-state index is 0. The zero-order valence-corrected chi connectivity index (χ0v) is 10.7. The van der Waals surface area contributed by atoms with E-state index in [4.69, 9.17) is 5.73 Å². The number of carbonyl (C=O) groups excluding carboxylic acids is 1. The minimum atomic E-state index is -2.52. The molecule has 0 unspecified atom stereocenters. The van der Waals surface area contributed by atoms with Crippen molar-refractivity contribution in [1.29, 1.82) is 0 Å². The van der Waals surface area contributed by atoms with E-state index < -0.39 is 17.7 Å². The van der Waals surface area contributed by atoms with Crippen molar-refractivity contribution < 1.29 is 13.6 Å². The summed E-state index contributed by atoms with van der Waals surface area (Å²) in [5.41, 5.74) is 5.72. The molecule has 3 N–H and O–H groups in total. The van der Waals surface area contributed by atoms with Crippen molar-refractivity contribution in [1.82, 2.24) is 0 Å². The van der Waals surface area contributed by atoms with Gasteiger partial charge in [0.15, 0.2) is 0 Å². The molecule has 0 saturated heterocycles. The van der Waals surface area contributed by atoms with E-state index in [2.05, 4.69) is 5.32 Å². The molecule has 3 nitrogen and oxygen atoms in total. The third-order valence-electron chi connectivity index (χ3n) is 1.77. The molecule has 1 aromatic carbocycles. The normalized spacial score (nSPS) is 11.8. The summed E-state index contributed by atoms with van der Waals surface area (Å²) in [5.74, 6) is -2.92. The molecule has 1 amide bonds. The molecule has 0 spiro atoms. The van der Waals surface area contributed by atoms with Crippen LogP contribution in [-0.4, -0.2) is 17.7 Å². The van der Waals surface area contributed by atoms with Crippen LogP contribution in [0.2, 0.25) is 0 Å². The first kappa shape index (κ1) is 16.1. The Labute approximate surface area is 109 Å². The molecule has 0 fully saturated rings. The van der Waals surface area contributed by atoms with E-state index in [1.807, 2.05) is 0 Å². The molecule has 17 heavy (non-hydrogen) atoms. The van der Waals surface area contributed by atoms with Gasteiger partial charge in [-0.15, -0.1) is 12.4 Å². The lowest BCUT2D eigenvalue weighted by Crippen LogP contribution is -2.32. The first-order valence-corrected chi connectivity index (χ1v) is 5.49. The Bertz CT molecular complexity index is 377. The van der Waals surface area contributed by atoms with Crippen molar-refractivity contribution in [2.45, 2.75) is 23.6 Å². The predicted molar refractivity (Wildman–Crippen MR) is 67.8 cm³/mol. The largest absolute Gasteiger partial charge is 0.324 e. The number of anilines is 1. The van der Waals surface area contributed by atoms with E-state index in [0.717, 1.165) is 0 Å². The zero-order valence-electron chi connectivity index (χ0n) is 9.02. The monoisotopic (exact) mass is 282 g/mol. The van der Waals surface area contributed by atoms with Gasteiger partial charge in [-0.2, -0.15) is 8.78 Å². The smallest absolute Gasteiger partial charge is 0.288 e. The predicted octanol–water partition coefficient (Wildman–Crippen LogP) is 2.71. The van der Waals surface area contributed by atoms with Crippen LogP contribution >= 0.6 is 24.2 Å². The summed E-state index contributed by atoms with van der Waals surface area (Å²) in [4.78, 5) is 11.6. The van der Waals surface area contributed by atoms with Gasteiger partial charge >= 0.3 is 0 Å². The maximum absolute atomic E-state index is 12.2. The summed E-state index contributed by atoms with van der Waals surface area (Å²) in [6.07, 6.45) is 0. The number of hydrogen-bond donors (Lipinski definition) is 2. The fourth-order valence-corrected chi connectivity index (χ4v) is 1.61. The average molecular weight is 283 g/mol. The molecule has 0 aliphatic rings. The molecular weight excluding hydrogens is 270 g/mol. The third-order valence-corrected chi connectivity index (χ3v) is 2.56. The second-order valence-electron chi connectivity index (χ2n) is 3.15. The van der Waals surface area contributed by atoms with Crippen LogP contribution < -0.4 is 11.1 Å². The number of para-hydroxylation sites is 1. The van der Waals surface area contributed by atoms with Crippen molar-refractivity contribution in [2.24, 2.45) is 5.73 Å². The molecule has 0 radical (unpaired) electrons. The average Bonchev–Trinajstić information content (AvgIpc) is 2.20. The highest BCUT2D eigenvalue weighted by molar-refractivity contribution is 7.99. The summed E-state index contributed by atoms with van der Waals surface area (Å²) < 4.78 is 24.4. The van der Waals surface area contributed by atoms with Crippen molar-refractivity contribution in [3.63, 3.8) is 0 Å². The van der Waals surface area contributed by atoms with Crippen molar-refractivity contribution in [3.05, 3.63) is 24.3 Å². The number of nitrogens with one attached hydrogen (secondary N) is 1. The van der Waals surface area contributed by atoms with Crippen LogP contribution in [-0.2, 0) is 4.79 Å². The minimum Gasteiger partial charge on any atom is -0.324 e. The first-order valence-electron chi connectivity index (χ1n) is 4.61. The Hall–Kier alpha value is -0.850. The fourth-order valence-electron chi connectivity index (χ4n) is 1.02. The highest BCUT2D eigenvalue weighted by Gasteiger charge is 2.13. The molecule has 0 saturated carbocycles. The molecule has 1 atom stereocenters. The van der Waals surface area contributed by atoms with E-state index in [1.54, 1.807) is 18.2 Å². The second kappa shape index (κ2) is 7.47. The van der Waals surface area contributed by atoms with Crippen LogP contribution in [0.1, 0.15) is 6.92 Å². The Kier molecular flexibility index (Phi) is 7.10. The summed E-state index contributed by atoms with van der Waals surface area (Å²) in [6, 6.07) is 5.70. The Morgan fingerprint density at radius 3 is 2.53 bits per heavy atom. The third kappa shape index (κ3) is 5.34. The number of benzene rings is 1. The standard InChI is InChI=1S/C10H12F2N2OS.ClH/c1-6(13)9(15)14-7-4-2-3-5-8(7)16-10(11)12;/h2-6,10H,13H2,1H3,(H,14,15);1H/t6-;/m0./s1. The second-order valence-corrected chi connectivity index (χ2v) is 4.18. The molecule has 1 aromatic rings. The lowest BCUT2D eigenvalue weighted by molar-refractivity contribution is -0.117. The topological polar surface area (TPSA) is 55.1 Å². The molecule has 0 aromatic heterocycles. The molecule has 1 rings (SSSR count).